The lowest BCUT2D eigenvalue weighted by atomic mass is 9.96. The third kappa shape index (κ3) is 6.39. The van der Waals surface area contributed by atoms with E-state index in [4.69, 9.17) is 9.47 Å². The minimum Gasteiger partial charge on any atom is -0.497 e. The highest BCUT2D eigenvalue weighted by atomic mass is 19.4. The lowest BCUT2D eigenvalue weighted by Gasteiger charge is -2.27. The van der Waals surface area contributed by atoms with Crippen LogP contribution in [-0.4, -0.2) is 52.6 Å². The summed E-state index contributed by atoms with van der Waals surface area (Å²) in [5, 5.41) is 7.72. The summed E-state index contributed by atoms with van der Waals surface area (Å²) in [7, 11) is 1.24. The molecule has 1 aromatic carbocycles. The molecule has 0 spiro atoms. The van der Waals surface area contributed by atoms with Crippen molar-refractivity contribution in [1.29, 1.82) is 0 Å². The number of aromatic nitrogens is 3. The summed E-state index contributed by atoms with van der Waals surface area (Å²) in [4.78, 5) is 37.6. The van der Waals surface area contributed by atoms with Gasteiger partial charge in [0, 0.05) is 31.5 Å². The highest BCUT2D eigenvalue weighted by Gasteiger charge is 2.44. The number of anilines is 2. The Hall–Kier alpha value is -4.33. The smallest absolute Gasteiger partial charge is 0.418 e. The van der Waals surface area contributed by atoms with Crippen molar-refractivity contribution < 1.29 is 36.6 Å². The maximum absolute atomic E-state index is 14.8. The highest BCUT2D eigenvalue weighted by molar-refractivity contribution is 5.99. The molecule has 3 aromatic rings. The Kier molecular flexibility index (Phi) is 7.95. The number of methoxy groups -OCH3 is 1. The Morgan fingerprint density at radius 1 is 1.13 bits per heavy atom. The minimum atomic E-state index is -4.69. The highest BCUT2D eigenvalue weighted by Crippen LogP contribution is 2.38. The van der Waals surface area contributed by atoms with Gasteiger partial charge in [-0.05, 0) is 25.1 Å². The lowest BCUT2D eigenvalue weighted by molar-refractivity contribution is -0.137. The van der Waals surface area contributed by atoms with E-state index in [1.165, 1.54) is 25.6 Å². The molecule has 2 amide bonds. The van der Waals surface area contributed by atoms with Gasteiger partial charge < -0.3 is 25.4 Å². The van der Waals surface area contributed by atoms with Gasteiger partial charge in [0.2, 0.25) is 5.91 Å². The van der Waals surface area contributed by atoms with Crippen molar-refractivity contribution in [2.75, 3.05) is 25.6 Å². The van der Waals surface area contributed by atoms with Gasteiger partial charge in [0.25, 0.3) is 5.91 Å². The lowest BCUT2D eigenvalue weighted by Crippen LogP contribution is -2.59. The zero-order chi connectivity index (χ0) is 28.2. The van der Waals surface area contributed by atoms with Crippen molar-refractivity contribution in [2.45, 2.75) is 31.6 Å². The second kappa shape index (κ2) is 11.2. The van der Waals surface area contributed by atoms with E-state index >= 15 is 0 Å². The van der Waals surface area contributed by atoms with Crippen LogP contribution in [0.2, 0.25) is 0 Å². The Bertz CT molecular complexity index is 1360. The first-order valence-corrected chi connectivity index (χ1v) is 11.6. The number of rotatable bonds is 8. The van der Waals surface area contributed by atoms with E-state index in [1.54, 1.807) is 6.92 Å². The fourth-order valence-electron chi connectivity index (χ4n) is 3.85. The Balaban J connectivity index is 1.44. The van der Waals surface area contributed by atoms with Crippen LogP contribution < -0.4 is 20.7 Å². The third-order valence-electron chi connectivity index (χ3n) is 6.00. The fraction of sp³-hybridized carbons (Fsp3) is 0.320. The zero-order valence-corrected chi connectivity index (χ0v) is 20.9. The van der Waals surface area contributed by atoms with Gasteiger partial charge in [0.15, 0.2) is 0 Å². The van der Waals surface area contributed by atoms with E-state index in [2.05, 4.69) is 30.9 Å². The van der Waals surface area contributed by atoms with E-state index in [9.17, 15) is 27.2 Å². The SMILES string of the molecule is COc1ccc(Nc2cnc(CNC(=O)[C@]3(NC(=O)c4cnc(C)nc4)CCOC3)c(F)c2)c(C(F)(F)F)c1. The van der Waals surface area contributed by atoms with Gasteiger partial charge in [-0.25, -0.2) is 14.4 Å². The van der Waals surface area contributed by atoms with Crippen molar-refractivity contribution >= 4 is 23.2 Å². The fourth-order valence-corrected chi connectivity index (χ4v) is 3.85. The maximum atomic E-state index is 14.8. The molecule has 206 valence electrons. The summed E-state index contributed by atoms with van der Waals surface area (Å²) in [6, 6.07) is 4.28. The number of aryl methyl sites for hydroxylation is 1. The van der Waals surface area contributed by atoms with Gasteiger partial charge >= 0.3 is 6.18 Å². The number of hydrogen-bond acceptors (Lipinski definition) is 8. The predicted molar refractivity (Wildman–Crippen MR) is 130 cm³/mol. The van der Waals surface area contributed by atoms with E-state index in [0.29, 0.717) is 5.82 Å². The van der Waals surface area contributed by atoms with Gasteiger partial charge in [-0.1, -0.05) is 0 Å². The van der Waals surface area contributed by atoms with Gasteiger partial charge in [-0.2, -0.15) is 13.2 Å². The van der Waals surface area contributed by atoms with Crippen LogP contribution in [0.5, 0.6) is 5.75 Å². The van der Waals surface area contributed by atoms with Gasteiger partial charge in [-0.3, -0.25) is 14.6 Å². The molecule has 10 nitrogen and oxygen atoms in total. The van der Waals surface area contributed by atoms with Crippen LogP contribution >= 0.6 is 0 Å². The summed E-state index contributed by atoms with van der Waals surface area (Å²) in [6.45, 7) is 1.44. The molecule has 1 atom stereocenters. The molecule has 1 saturated heterocycles. The molecule has 0 saturated carbocycles. The monoisotopic (exact) mass is 548 g/mol. The summed E-state index contributed by atoms with van der Waals surface area (Å²) < 4.78 is 65.4. The molecule has 1 fully saturated rings. The molecular formula is C25H24F4N6O4. The topological polar surface area (TPSA) is 127 Å². The van der Waals surface area contributed by atoms with E-state index < -0.39 is 34.9 Å². The van der Waals surface area contributed by atoms with Gasteiger partial charge in [-0.15, -0.1) is 0 Å². The van der Waals surface area contributed by atoms with E-state index in [0.717, 1.165) is 24.4 Å². The molecular weight excluding hydrogens is 524 g/mol. The number of carbonyl (C=O) groups excluding carboxylic acids is 2. The first-order valence-electron chi connectivity index (χ1n) is 11.6. The summed E-state index contributed by atoms with van der Waals surface area (Å²) in [5.74, 6) is -1.56. The van der Waals surface area contributed by atoms with Crippen LogP contribution in [0.15, 0.2) is 42.9 Å². The van der Waals surface area contributed by atoms with Crippen LogP contribution in [0.25, 0.3) is 0 Å². The molecule has 39 heavy (non-hydrogen) atoms. The number of alkyl halides is 3. The first-order chi connectivity index (χ1) is 18.5. The van der Waals surface area contributed by atoms with Gasteiger partial charge in [0.05, 0.1) is 54.7 Å². The standard InChI is InChI=1S/C25H24F4N6O4/c1-14-30-9-15(10-31-14)22(36)35-24(5-6-39-13-24)23(37)33-12-21-19(26)7-16(11-32-21)34-20-4-3-17(38-2)8-18(20)25(27,28)29/h3-4,7-11,34H,5-6,12-13H2,1-2H3,(H,33,37)(H,35,36)/t24-/m0/s1. The zero-order valence-electron chi connectivity index (χ0n) is 20.9. The second-order valence-corrected chi connectivity index (χ2v) is 8.73. The second-order valence-electron chi connectivity index (χ2n) is 8.73. The molecule has 2 aromatic heterocycles. The summed E-state index contributed by atoms with van der Waals surface area (Å²) >= 11 is 0. The normalized spacial score (nSPS) is 17.0. The number of benzene rings is 1. The molecule has 0 aliphatic carbocycles. The average molecular weight is 548 g/mol. The third-order valence-corrected chi connectivity index (χ3v) is 6.00. The molecule has 14 heteroatoms. The molecule has 1 aliphatic rings. The maximum Gasteiger partial charge on any atom is 0.418 e. The number of hydrogen-bond donors (Lipinski definition) is 3. The minimum absolute atomic E-state index is 0.0112. The number of amides is 2. The molecule has 3 heterocycles. The Labute approximate surface area is 220 Å². The Morgan fingerprint density at radius 2 is 1.87 bits per heavy atom. The number of nitrogens with one attached hydrogen (secondary N) is 3. The van der Waals surface area contributed by atoms with Crippen LogP contribution in [0.3, 0.4) is 0 Å². The van der Waals surface area contributed by atoms with Crippen LogP contribution in [0, 0.1) is 12.7 Å². The van der Waals surface area contributed by atoms with Crippen molar-refractivity contribution in [3.63, 3.8) is 0 Å². The van der Waals surface area contributed by atoms with E-state index in [-0.39, 0.29) is 54.6 Å². The number of nitrogens with zero attached hydrogens (tertiary/aromatic N) is 3. The first kappa shape index (κ1) is 27.7. The number of pyridine rings is 1. The van der Waals surface area contributed by atoms with Crippen LogP contribution in [0.1, 0.15) is 33.9 Å². The van der Waals surface area contributed by atoms with Crippen molar-refractivity contribution in [3.8, 4) is 5.75 Å². The quantitative estimate of drug-likeness (QED) is 0.366. The number of carbonyl (C=O) groups is 2. The average Bonchev–Trinajstić information content (AvgIpc) is 3.37. The van der Waals surface area contributed by atoms with Crippen LogP contribution in [-0.2, 0) is 22.3 Å². The van der Waals surface area contributed by atoms with Crippen molar-refractivity contribution in [3.05, 3.63) is 71.3 Å². The van der Waals surface area contributed by atoms with E-state index in [1.807, 2.05) is 0 Å². The number of ether oxygens (including phenoxy) is 2. The molecule has 0 radical (unpaired) electrons. The predicted octanol–water partition coefficient (Wildman–Crippen LogP) is 3.30. The van der Waals surface area contributed by atoms with Crippen molar-refractivity contribution in [1.82, 2.24) is 25.6 Å². The Morgan fingerprint density at radius 3 is 2.49 bits per heavy atom. The molecule has 0 bridgehead atoms. The van der Waals surface area contributed by atoms with Crippen molar-refractivity contribution in [2.24, 2.45) is 0 Å². The van der Waals surface area contributed by atoms with Crippen LogP contribution in [0.4, 0.5) is 28.9 Å². The summed E-state index contributed by atoms with van der Waals surface area (Å²) in [6.07, 6.45) is -0.702. The molecule has 4 rings (SSSR count). The van der Waals surface area contributed by atoms with Gasteiger partial charge in [0.1, 0.15) is 22.9 Å². The largest absolute Gasteiger partial charge is 0.497 e. The molecule has 1 aliphatic heterocycles. The molecule has 3 N–H and O–H groups in total. The molecule has 0 unspecified atom stereocenters. The number of halogens is 4. The summed E-state index contributed by atoms with van der Waals surface area (Å²) in [5.41, 5.74) is -2.76.